The Hall–Kier alpha value is -4.73. The smallest absolute Gasteiger partial charge is 0.326 e. The van der Waals surface area contributed by atoms with Gasteiger partial charge in [0.1, 0.15) is 18.1 Å². The van der Waals surface area contributed by atoms with E-state index in [4.69, 9.17) is 28.0 Å². The van der Waals surface area contributed by atoms with Crippen LogP contribution in [0.2, 0.25) is 0 Å². The number of amides is 4. The normalized spacial score (nSPS) is 13.5. The first-order valence-corrected chi connectivity index (χ1v) is 12.3. The Kier molecular flexibility index (Phi) is 14.1. The molecule has 1 aromatic rings. The van der Waals surface area contributed by atoms with Crippen molar-refractivity contribution in [2.24, 2.45) is 27.9 Å². The third kappa shape index (κ3) is 13.2. The Morgan fingerprint density at radius 1 is 0.800 bits per heavy atom. The van der Waals surface area contributed by atoms with Gasteiger partial charge in [-0.1, -0.05) is 30.3 Å². The highest BCUT2D eigenvalue weighted by Crippen LogP contribution is 2.06. The molecule has 1 aromatic carbocycles. The van der Waals surface area contributed by atoms with E-state index in [1.807, 2.05) is 0 Å². The van der Waals surface area contributed by atoms with E-state index in [-0.39, 0.29) is 31.8 Å². The van der Waals surface area contributed by atoms with Crippen LogP contribution in [0.3, 0.4) is 0 Å². The molecule has 0 saturated heterocycles. The van der Waals surface area contributed by atoms with Crippen molar-refractivity contribution < 1.29 is 39.0 Å². The van der Waals surface area contributed by atoms with Crippen molar-refractivity contribution in [3.63, 3.8) is 0 Å². The van der Waals surface area contributed by atoms with Crippen LogP contribution < -0.4 is 38.9 Å². The molecule has 0 fully saturated rings. The van der Waals surface area contributed by atoms with Crippen LogP contribution in [0, 0.1) is 0 Å². The van der Waals surface area contributed by atoms with Crippen molar-refractivity contribution >= 4 is 41.5 Å². The average molecular weight is 565 g/mol. The molecular weight excluding hydrogens is 528 g/mol. The lowest BCUT2D eigenvalue weighted by atomic mass is 10.0. The molecule has 4 unspecified atom stereocenters. The van der Waals surface area contributed by atoms with Crippen molar-refractivity contribution in [1.82, 2.24) is 16.0 Å². The van der Waals surface area contributed by atoms with Gasteiger partial charge in [-0.2, -0.15) is 0 Å². The third-order valence-corrected chi connectivity index (χ3v) is 5.51. The highest BCUT2D eigenvalue weighted by Gasteiger charge is 2.31. The molecule has 220 valence electrons. The molecular formula is C24H36N8O8. The number of primary amides is 1. The van der Waals surface area contributed by atoms with Crippen LogP contribution in [0.1, 0.15) is 37.7 Å². The van der Waals surface area contributed by atoms with Crippen molar-refractivity contribution in [3.8, 4) is 0 Å². The number of carbonyl (C=O) groups is 6. The molecule has 40 heavy (non-hydrogen) atoms. The molecule has 0 spiro atoms. The van der Waals surface area contributed by atoms with Crippen LogP contribution in [-0.2, 0) is 35.2 Å². The van der Waals surface area contributed by atoms with Crippen molar-refractivity contribution in [2.45, 2.75) is 62.7 Å². The van der Waals surface area contributed by atoms with Crippen LogP contribution in [0.4, 0.5) is 0 Å². The van der Waals surface area contributed by atoms with Gasteiger partial charge >= 0.3 is 11.9 Å². The summed E-state index contributed by atoms with van der Waals surface area (Å²) >= 11 is 0. The summed E-state index contributed by atoms with van der Waals surface area (Å²) in [5.74, 6) is -6.59. The van der Waals surface area contributed by atoms with Crippen LogP contribution in [0.25, 0.3) is 0 Å². The Morgan fingerprint density at radius 3 is 1.93 bits per heavy atom. The van der Waals surface area contributed by atoms with E-state index in [2.05, 4.69) is 20.9 Å². The molecule has 0 bridgehead atoms. The zero-order chi connectivity index (χ0) is 30.2. The largest absolute Gasteiger partial charge is 0.481 e. The number of aliphatic carboxylic acids is 2. The molecule has 1 rings (SSSR count). The molecule has 16 nitrogen and oxygen atoms in total. The Bertz CT molecular complexity index is 1080. The third-order valence-electron chi connectivity index (χ3n) is 5.51. The lowest BCUT2D eigenvalue weighted by Crippen LogP contribution is -2.58. The van der Waals surface area contributed by atoms with Crippen LogP contribution >= 0.6 is 0 Å². The lowest BCUT2D eigenvalue weighted by molar-refractivity contribution is -0.143. The monoisotopic (exact) mass is 564 g/mol. The maximum atomic E-state index is 13.0. The first-order valence-electron chi connectivity index (χ1n) is 12.3. The average Bonchev–Trinajstić information content (AvgIpc) is 2.87. The van der Waals surface area contributed by atoms with E-state index in [0.717, 1.165) is 5.56 Å². The maximum absolute atomic E-state index is 13.0. The second-order valence-electron chi connectivity index (χ2n) is 8.87. The first kappa shape index (κ1) is 33.3. The quantitative estimate of drug-likeness (QED) is 0.0488. The molecule has 0 aliphatic rings. The number of nitrogens with zero attached hydrogens (tertiary/aromatic N) is 1. The first-order chi connectivity index (χ1) is 18.8. The number of hydrogen-bond donors (Lipinski definition) is 9. The summed E-state index contributed by atoms with van der Waals surface area (Å²) in [5, 5.41) is 25.4. The van der Waals surface area contributed by atoms with Gasteiger partial charge < -0.3 is 49.1 Å². The summed E-state index contributed by atoms with van der Waals surface area (Å²) in [7, 11) is 0. The Morgan fingerprint density at radius 2 is 1.38 bits per heavy atom. The fourth-order valence-corrected chi connectivity index (χ4v) is 3.49. The summed E-state index contributed by atoms with van der Waals surface area (Å²) in [4.78, 5) is 76.6. The summed E-state index contributed by atoms with van der Waals surface area (Å²) in [6.45, 7) is 0.0993. The zero-order valence-electron chi connectivity index (χ0n) is 21.7. The number of carboxylic acid groups (broad SMARTS) is 2. The fraction of sp³-hybridized carbons (Fsp3) is 0.458. The highest BCUT2D eigenvalue weighted by atomic mass is 16.4. The van der Waals surface area contributed by atoms with Gasteiger partial charge in [0.25, 0.3) is 0 Å². The van der Waals surface area contributed by atoms with Gasteiger partial charge in [-0.05, 0) is 31.2 Å². The highest BCUT2D eigenvalue weighted by molar-refractivity contribution is 5.96. The van der Waals surface area contributed by atoms with Crippen LogP contribution in [0.15, 0.2) is 35.3 Å². The number of carboxylic acids is 2. The van der Waals surface area contributed by atoms with Gasteiger partial charge in [0.05, 0.1) is 12.5 Å². The number of aliphatic imine (C=N–C) groups is 1. The number of nitrogens with two attached hydrogens (primary N) is 4. The standard InChI is InChI=1S/C24H36N8O8/c25-14(11-13-5-2-1-3-6-13)20(36)32-17(12-18(26)33)22(38)30-15(8-9-19(34)35)21(37)31-16(23(39)40)7-4-10-29-24(27)28/h1-3,5-6,14-17H,4,7-12,25H2,(H2,26,33)(H,30,38)(H,31,37)(H,32,36)(H,34,35)(H,39,40)(H4,27,28,29). The topological polar surface area (TPSA) is 295 Å². The summed E-state index contributed by atoms with van der Waals surface area (Å²) in [5.41, 5.74) is 22.4. The minimum atomic E-state index is -1.54. The molecule has 0 aliphatic heterocycles. The van der Waals surface area contributed by atoms with Crippen LogP contribution in [-0.4, -0.2) is 82.5 Å². The molecule has 0 aromatic heterocycles. The van der Waals surface area contributed by atoms with Crippen molar-refractivity contribution in [3.05, 3.63) is 35.9 Å². The predicted octanol–water partition coefficient (Wildman–Crippen LogP) is -3.11. The van der Waals surface area contributed by atoms with E-state index in [1.54, 1.807) is 30.3 Å². The van der Waals surface area contributed by atoms with Crippen molar-refractivity contribution in [1.29, 1.82) is 0 Å². The van der Waals surface area contributed by atoms with Gasteiger partial charge in [-0.15, -0.1) is 0 Å². The van der Waals surface area contributed by atoms with Gasteiger partial charge in [0.2, 0.25) is 23.6 Å². The molecule has 0 heterocycles. The predicted molar refractivity (Wildman–Crippen MR) is 142 cm³/mol. The Balaban J connectivity index is 2.98. The molecule has 0 saturated carbocycles. The molecule has 4 atom stereocenters. The molecule has 4 amide bonds. The number of benzene rings is 1. The van der Waals surface area contributed by atoms with E-state index in [9.17, 15) is 33.9 Å². The molecule has 16 heteroatoms. The maximum Gasteiger partial charge on any atom is 0.326 e. The summed E-state index contributed by atoms with van der Waals surface area (Å²) in [6.07, 6.45) is -1.38. The summed E-state index contributed by atoms with van der Waals surface area (Å²) < 4.78 is 0. The van der Waals surface area contributed by atoms with Gasteiger partial charge in [-0.3, -0.25) is 29.0 Å². The number of rotatable bonds is 18. The summed E-state index contributed by atoms with van der Waals surface area (Å²) in [6, 6.07) is 3.24. The van der Waals surface area contributed by atoms with E-state index < -0.39 is 79.0 Å². The minimum absolute atomic E-state index is 0.0723. The number of carbonyl (C=O) groups excluding carboxylic acids is 4. The van der Waals surface area contributed by atoms with E-state index >= 15 is 0 Å². The second kappa shape index (κ2) is 17.0. The SMILES string of the molecule is NC(=O)CC(NC(=O)C(N)Cc1ccccc1)C(=O)NC(CCC(=O)O)C(=O)NC(CCCN=C(N)N)C(=O)O. The van der Waals surface area contributed by atoms with Crippen LogP contribution in [0.5, 0.6) is 0 Å². The molecule has 13 N–H and O–H groups in total. The molecule has 0 aliphatic carbocycles. The fourth-order valence-electron chi connectivity index (χ4n) is 3.49. The second-order valence-corrected chi connectivity index (χ2v) is 8.87. The Labute approximate surface area is 229 Å². The van der Waals surface area contributed by atoms with Gasteiger partial charge in [-0.25, -0.2) is 4.79 Å². The minimum Gasteiger partial charge on any atom is -0.481 e. The van der Waals surface area contributed by atoms with E-state index in [1.165, 1.54) is 0 Å². The number of hydrogen-bond acceptors (Lipinski definition) is 8. The van der Waals surface area contributed by atoms with Gasteiger partial charge in [0.15, 0.2) is 5.96 Å². The lowest BCUT2D eigenvalue weighted by Gasteiger charge is -2.24. The number of nitrogens with one attached hydrogen (secondary N) is 3. The van der Waals surface area contributed by atoms with Crippen molar-refractivity contribution in [2.75, 3.05) is 6.54 Å². The number of guanidine groups is 1. The molecule has 0 radical (unpaired) electrons. The zero-order valence-corrected chi connectivity index (χ0v) is 21.7. The van der Waals surface area contributed by atoms with Gasteiger partial charge in [0, 0.05) is 13.0 Å². The van der Waals surface area contributed by atoms with E-state index in [0.29, 0.717) is 0 Å².